The first-order chi connectivity index (χ1) is 11.0. The summed E-state index contributed by atoms with van der Waals surface area (Å²) in [6.45, 7) is 4.55. The third-order valence-electron chi connectivity index (χ3n) is 4.19. The number of aryl methyl sites for hydroxylation is 2. The number of aromatic nitrogens is 3. The Hall–Kier alpha value is -2.41. The molecule has 0 bridgehead atoms. The first kappa shape index (κ1) is 15.5. The van der Waals surface area contributed by atoms with Crippen LogP contribution in [0.15, 0.2) is 24.4 Å². The van der Waals surface area contributed by atoms with E-state index in [0.29, 0.717) is 24.4 Å². The van der Waals surface area contributed by atoms with Crippen LogP contribution in [0.5, 0.6) is 5.75 Å². The molecule has 0 spiro atoms. The number of carbonyl (C=O) groups is 1. The smallest absolute Gasteiger partial charge is 0.260 e. The normalized spacial score (nSPS) is 20.7. The fraction of sp³-hybridized carbons (Fsp3) is 0.438. The van der Waals surface area contributed by atoms with Crippen LogP contribution in [-0.2, 0) is 10.4 Å². The van der Waals surface area contributed by atoms with E-state index in [-0.39, 0.29) is 19.1 Å². The van der Waals surface area contributed by atoms with Gasteiger partial charge in [-0.2, -0.15) is 15.4 Å². The summed E-state index contributed by atoms with van der Waals surface area (Å²) in [7, 11) is 0. The van der Waals surface area contributed by atoms with E-state index in [1.54, 1.807) is 4.90 Å². The van der Waals surface area contributed by atoms with Crippen molar-refractivity contribution in [3.05, 3.63) is 41.2 Å². The minimum atomic E-state index is -1.14. The van der Waals surface area contributed by atoms with Gasteiger partial charge in [0.1, 0.15) is 17.0 Å². The molecule has 1 aliphatic rings. The van der Waals surface area contributed by atoms with Gasteiger partial charge in [-0.15, -0.1) is 0 Å². The van der Waals surface area contributed by atoms with Crippen LogP contribution in [0, 0.1) is 13.8 Å². The summed E-state index contributed by atoms with van der Waals surface area (Å²) in [4.78, 5) is 13.9. The number of nitrogens with zero attached hydrogens (tertiary/aromatic N) is 3. The highest BCUT2D eigenvalue weighted by Crippen LogP contribution is 2.30. The lowest BCUT2D eigenvalue weighted by atomic mass is 10.0. The molecule has 1 aromatic heterocycles. The van der Waals surface area contributed by atoms with Gasteiger partial charge < -0.3 is 14.7 Å². The molecule has 3 rings (SSSR count). The number of benzene rings is 1. The Labute approximate surface area is 134 Å². The fourth-order valence-corrected chi connectivity index (χ4v) is 2.74. The molecule has 1 amide bonds. The lowest BCUT2D eigenvalue weighted by molar-refractivity contribution is -0.133. The zero-order valence-corrected chi connectivity index (χ0v) is 13.2. The lowest BCUT2D eigenvalue weighted by Crippen LogP contribution is -2.37. The van der Waals surface area contributed by atoms with Crippen molar-refractivity contribution in [2.45, 2.75) is 25.9 Å². The molecule has 0 aliphatic carbocycles. The van der Waals surface area contributed by atoms with Crippen LogP contribution in [0.3, 0.4) is 0 Å². The van der Waals surface area contributed by atoms with E-state index in [2.05, 4.69) is 15.4 Å². The number of carbonyl (C=O) groups excluding carboxylic acids is 1. The second-order valence-electron chi connectivity index (χ2n) is 6.01. The minimum Gasteiger partial charge on any atom is -0.483 e. The fourth-order valence-electron chi connectivity index (χ4n) is 2.74. The number of β-amino-alcohol motifs (C(OH)–C–C–N with tert-alkyl or cyclic N) is 1. The van der Waals surface area contributed by atoms with Crippen LogP contribution in [0.25, 0.3) is 0 Å². The maximum atomic E-state index is 12.3. The van der Waals surface area contributed by atoms with E-state index in [9.17, 15) is 9.90 Å². The highest BCUT2D eigenvalue weighted by molar-refractivity contribution is 5.78. The van der Waals surface area contributed by atoms with E-state index >= 15 is 0 Å². The number of H-pyrrole nitrogens is 1. The molecule has 0 radical (unpaired) electrons. The largest absolute Gasteiger partial charge is 0.483 e. The van der Waals surface area contributed by atoms with Gasteiger partial charge in [-0.05, 0) is 31.0 Å². The Kier molecular flexibility index (Phi) is 4.04. The third-order valence-corrected chi connectivity index (χ3v) is 4.19. The summed E-state index contributed by atoms with van der Waals surface area (Å²) in [6.07, 6.45) is 1.93. The van der Waals surface area contributed by atoms with E-state index < -0.39 is 5.60 Å². The molecule has 1 saturated heterocycles. The molecule has 0 saturated carbocycles. The summed E-state index contributed by atoms with van der Waals surface area (Å²) >= 11 is 0. The number of rotatable bonds is 4. The number of ether oxygens (including phenoxy) is 1. The number of likely N-dealkylation sites (tertiary alicyclic amines) is 1. The number of aliphatic hydroxyl groups is 1. The first-order valence-corrected chi connectivity index (χ1v) is 7.54. The van der Waals surface area contributed by atoms with E-state index in [1.807, 2.05) is 32.0 Å². The Bertz CT molecular complexity index is 701. The quantitative estimate of drug-likeness (QED) is 0.875. The maximum Gasteiger partial charge on any atom is 0.260 e. The molecule has 1 aliphatic heterocycles. The second kappa shape index (κ2) is 6.00. The molecule has 1 unspecified atom stereocenters. The van der Waals surface area contributed by atoms with E-state index in [0.717, 1.165) is 11.1 Å². The molecule has 7 nitrogen and oxygen atoms in total. The molecule has 7 heteroatoms. The minimum absolute atomic E-state index is 0.0425. The SMILES string of the molecule is Cc1ccc(C)c(OCC(=O)N2CCC(O)(c3cn[nH]n3)C2)c1. The number of aromatic amines is 1. The Morgan fingerprint density at radius 2 is 2.30 bits per heavy atom. The second-order valence-corrected chi connectivity index (χ2v) is 6.01. The van der Waals surface area contributed by atoms with Crippen molar-refractivity contribution >= 4 is 5.91 Å². The van der Waals surface area contributed by atoms with Gasteiger partial charge in [0.15, 0.2) is 6.61 Å². The topological polar surface area (TPSA) is 91.3 Å². The molecule has 1 fully saturated rings. The van der Waals surface area contributed by atoms with Gasteiger partial charge in [-0.3, -0.25) is 4.79 Å². The Balaban J connectivity index is 1.60. The average Bonchev–Trinajstić information content (AvgIpc) is 3.18. The van der Waals surface area contributed by atoms with Crippen LogP contribution in [-0.4, -0.2) is 51.0 Å². The molecule has 2 N–H and O–H groups in total. The van der Waals surface area contributed by atoms with Gasteiger partial charge >= 0.3 is 0 Å². The summed E-state index contributed by atoms with van der Waals surface area (Å²) in [5.41, 5.74) is 1.40. The number of hydrogen-bond acceptors (Lipinski definition) is 5. The molecule has 2 heterocycles. The van der Waals surface area contributed by atoms with E-state index in [1.165, 1.54) is 6.20 Å². The van der Waals surface area contributed by atoms with Crippen molar-refractivity contribution in [2.75, 3.05) is 19.7 Å². The van der Waals surface area contributed by atoms with Crippen molar-refractivity contribution in [3.63, 3.8) is 0 Å². The molecular formula is C16H20N4O3. The van der Waals surface area contributed by atoms with Gasteiger partial charge in [-0.1, -0.05) is 12.1 Å². The van der Waals surface area contributed by atoms with Gasteiger partial charge in [0.25, 0.3) is 5.91 Å². The molecular weight excluding hydrogens is 296 g/mol. The molecule has 1 aromatic carbocycles. The zero-order valence-electron chi connectivity index (χ0n) is 13.2. The number of nitrogens with one attached hydrogen (secondary N) is 1. The van der Waals surface area contributed by atoms with Gasteiger partial charge in [0.05, 0.1) is 12.7 Å². The first-order valence-electron chi connectivity index (χ1n) is 7.54. The van der Waals surface area contributed by atoms with Crippen molar-refractivity contribution < 1.29 is 14.6 Å². The van der Waals surface area contributed by atoms with Crippen LogP contribution < -0.4 is 4.74 Å². The van der Waals surface area contributed by atoms with Gasteiger partial charge in [0.2, 0.25) is 0 Å². The van der Waals surface area contributed by atoms with Crippen molar-refractivity contribution in [2.24, 2.45) is 0 Å². The number of amides is 1. The summed E-state index contributed by atoms with van der Waals surface area (Å²) in [5, 5.41) is 20.7. The number of hydrogen-bond donors (Lipinski definition) is 2. The zero-order chi connectivity index (χ0) is 16.4. The van der Waals surface area contributed by atoms with Crippen molar-refractivity contribution in [1.82, 2.24) is 20.3 Å². The highest BCUT2D eigenvalue weighted by atomic mass is 16.5. The third kappa shape index (κ3) is 3.19. The van der Waals surface area contributed by atoms with Crippen molar-refractivity contribution in [3.8, 4) is 5.75 Å². The summed E-state index contributed by atoms with van der Waals surface area (Å²) < 4.78 is 5.64. The Morgan fingerprint density at radius 1 is 1.48 bits per heavy atom. The van der Waals surface area contributed by atoms with Crippen LogP contribution in [0.1, 0.15) is 23.2 Å². The average molecular weight is 316 g/mol. The molecule has 1 atom stereocenters. The van der Waals surface area contributed by atoms with Crippen LogP contribution in [0.2, 0.25) is 0 Å². The standard InChI is InChI=1S/C16H20N4O3/c1-11-3-4-12(2)13(7-11)23-9-15(21)20-6-5-16(22,10-20)14-8-17-19-18-14/h3-4,7-8,22H,5-6,9-10H2,1-2H3,(H,17,18,19). The highest BCUT2D eigenvalue weighted by Gasteiger charge is 2.41. The summed E-state index contributed by atoms with van der Waals surface area (Å²) in [6, 6.07) is 5.88. The van der Waals surface area contributed by atoms with Crippen LogP contribution >= 0.6 is 0 Å². The lowest BCUT2D eigenvalue weighted by Gasteiger charge is -2.21. The van der Waals surface area contributed by atoms with Gasteiger partial charge in [0, 0.05) is 13.0 Å². The van der Waals surface area contributed by atoms with E-state index in [4.69, 9.17) is 4.74 Å². The monoisotopic (exact) mass is 316 g/mol. The molecule has 23 heavy (non-hydrogen) atoms. The van der Waals surface area contributed by atoms with Gasteiger partial charge in [-0.25, -0.2) is 0 Å². The van der Waals surface area contributed by atoms with Crippen LogP contribution in [0.4, 0.5) is 0 Å². The summed E-state index contributed by atoms with van der Waals surface area (Å²) in [5.74, 6) is 0.564. The predicted molar refractivity (Wildman–Crippen MR) is 82.9 cm³/mol. The molecule has 122 valence electrons. The van der Waals surface area contributed by atoms with Crippen molar-refractivity contribution in [1.29, 1.82) is 0 Å². The Morgan fingerprint density at radius 3 is 3.04 bits per heavy atom. The predicted octanol–water partition coefficient (Wildman–Crippen LogP) is 0.920. The molecule has 2 aromatic rings. The maximum absolute atomic E-state index is 12.3.